The predicted molar refractivity (Wildman–Crippen MR) is 72.9 cm³/mol. The molecular formula is C13H22BrNO3. The summed E-state index contributed by atoms with van der Waals surface area (Å²) in [6, 6.07) is 0.268. The smallest absolute Gasteiger partial charge is 0.220 e. The molecule has 0 spiro atoms. The van der Waals surface area contributed by atoms with Crippen molar-refractivity contribution in [3.8, 4) is 0 Å². The molecule has 0 aromatic rings. The van der Waals surface area contributed by atoms with Crippen LogP contribution in [-0.4, -0.2) is 42.7 Å². The van der Waals surface area contributed by atoms with E-state index in [0.717, 1.165) is 37.4 Å². The number of hydrogen-bond acceptors (Lipinski definition) is 3. The van der Waals surface area contributed by atoms with Crippen LogP contribution in [0.25, 0.3) is 0 Å². The summed E-state index contributed by atoms with van der Waals surface area (Å²) in [4.78, 5) is 11.7. The highest BCUT2D eigenvalue weighted by Gasteiger charge is 2.34. The molecule has 0 aromatic carbocycles. The van der Waals surface area contributed by atoms with Crippen LogP contribution in [-0.2, 0) is 14.3 Å². The van der Waals surface area contributed by atoms with E-state index >= 15 is 0 Å². The van der Waals surface area contributed by atoms with Gasteiger partial charge in [-0.25, -0.2) is 0 Å². The lowest BCUT2D eigenvalue weighted by Crippen LogP contribution is -2.49. The highest BCUT2D eigenvalue weighted by atomic mass is 79.9. The summed E-state index contributed by atoms with van der Waals surface area (Å²) in [6.45, 7) is 1.40. The average molecular weight is 320 g/mol. The van der Waals surface area contributed by atoms with Gasteiger partial charge in [0, 0.05) is 17.8 Å². The van der Waals surface area contributed by atoms with Crippen molar-refractivity contribution in [2.45, 2.75) is 56.8 Å². The number of rotatable bonds is 5. The molecule has 1 saturated carbocycles. The number of carbonyl (C=O) groups excluding carboxylic acids is 1. The Bertz CT molecular complexity index is 275. The molecule has 2 rings (SSSR count). The van der Waals surface area contributed by atoms with E-state index in [1.165, 1.54) is 0 Å². The molecule has 1 aliphatic heterocycles. The van der Waals surface area contributed by atoms with Crippen LogP contribution in [0.15, 0.2) is 0 Å². The Morgan fingerprint density at radius 3 is 2.72 bits per heavy atom. The second-order valence-electron chi connectivity index (χ2n) is 5.04. The zero-order valence-corrected chi connectivity index (χ0v) is 12.3. The molecule has 0 bridgehead atoms. The van der Waals surface area contributed by atoms with E-state index in [4.69, 9.17) is 9.47 Å². The van der Waals surface area contributed by atoms with Crippen molar-refractivity contribution in [1.82, 2.24) is 5.32 Å². The van der Waals surface area contributed by atoms with E-state index in [9.17, 15) is 4.79 Å². The zero-order valence-electron chi connectivity index (χ0n) is 10.7. The molecule has 5 heteroatoms. The molecule has 2 fully saturated rings. The molecule has 0 radical (unpaired) electrons. The number of unbranched alkanes of at least 4 members (excludes halogenated alkanes) is 1. The maximum Gasteiger partial charge on any atom is 0.220 e. The van der Waals surface area contributed by atoms with Gasteiger partial charge in [-0.3, -0.25) is 4.79 Å². The van der Waals surface area contributed by atoms with Crippen molar-refractivity contribution < 1.29 is 14.3 Å². The Morgan fingerprint density at radius 1 is 1.17 bits per heavy atom. The molecule has 104 valence electrons. The molecule has 3 unspecified atom stereocenters. The van der Waals surface area contributed by atoms with Crippen molar-refractivity contribution in [3.05, 3.63) is 0 Å². The van der Waals surface area contributed by atoms with Crippen molar-refractivity contribution in [3.63, 3.8) is 0 Å². The summed E-state index contributed by atoms with van der Waals surface area (Å²) in [6.07, 6.45) is 5.98. The number of alkyl halides is 1. The number of amides is 1. The number of carbonyl (C=O) groups is 1. The molecule has 2 aliphatic rings. The first-order valence-corrected chi connectivity index (χ1v) is 8.00. The first-order valence-electron chi connectivity index (χ1n) is 6.88. The number of fused-ring (bicyclic) bond motifs is 1. The van der Waals surface area contributed by atoms with E-state index in [1.54, 1.807) is 0 Å². The fourth-order valence-electron chi connectivity index (χ4n) is 2.68. The number of nitrogens with one attached hydrogen (secondary N) is 1. The van der Waals surface area contributed by atoms with E-state index < -0.39 is 0 Å². The monoisotopic (exact) mass is 319 g/mol. The minimum Gasteiger partial charge on any atom is -0.373 e. The fraction of sp³-hybridized carbons (Fsp3) is 0.923. The molecule has 1 amide bonds. The van der Waals surface area contributed by atoms with E-state index in [-0.39, 0.29) is 24.2 Å². The molecule has 1 heterocycles. The van der Waals surface area contributed by atoms with Gasteiger partial charge in [-0.2, -0.15) is 0 Å². The molecule has 4 nitrogen and oxygen atoms in total. The zero-order chi connectivity index (χ0) is 12.8. The van der Waals surface area contributed by atoms with Crippen LogP contribution in [0.3, 0.4) is 0 Å². The van der Waals surface area contributed by atoms with Crippen molar-refractivity contribution in [2.75, 3.05) is 18.5 Å². The lowest BCUT2D eigenvalue weighted by atomic mass is 9.89. The molecule has 1 saturated heterocycles. The summed E-state index contributed by atoms with van der Waals surface area (Å²) in [5, 5.41) is 4.09. The highest BCUT2D eigenvalue weighted by Crippen LogP contribution is 2.26. The van der Waals surface area contributed by atoms with Crippen LogP contribution in [0.4, 0.5) is 0 Å². The van der Waals surface area contributed by atoms with Crippen LogP contribution < -0.4 is 5.32 Å². The second kappa shape index (κ2) is 7.46. The van der Waals surface area contributed by atoms with Gasteiger partial charge in [0.25, 0.3) is 0 Å². The van der Waals surface area contributed by atoms with E-state index in [0.29, 0.717) is 19.6 Å². The second-order valence-corrected chi connectivity index (χ2v) is 5.84. The normalized spacial score (nSPS) is 31.7. The third kappa shape index (κ3) is 4.21. The van der Waals surface area contributed by atoms with Crippen LogP contribution in [0, 0.1) is 0 Å². The van der Waals surface area contributed by atoms with Gasteiger partial charge in [0.05, 0.1) is 25.4 Å². The standard InChI is InChI=1S/C13H22BrNO3/c14-6-2-1-3-13(16)15-10-4-5-11-12(9-10)18-8-7-17-11/h10-12H,1-9H2,(H,15,16). The predicted octanol–water partition coefficient (Wildman–Crippen LogP) is 2.00. The largest absolute Gasteiger partial charge is 0.373 e. The lowest BCUT2D eigenvalue weighted by Gasteiger charge is -2.39. The van der Waals surface area contributed by atoms with Crippen molar-refractivity contribution in [2.24, 2.45) is 0 Å². The van der Waals surface area contributed by atoms with Gasteiger partial charge < -0.3 is 14.8 Å². The Kier molecular flexibility index (Phi) is 5.92. The molecule has 1 aliphatic carbocycles. The minimum absolute atomic E-state index is 0.177. The minimum atomic E-state index is 0.177. The van der Waals surface area contributed by atoms with Gasteiger partial charge in [0.2, 0.25) is 5.91 Å². The van der Waals surface area contributed by atoms with Crippen LogP contribution in [0.5, 0.6) is 0 Å². The number of ether oxygens (including phenoxy) is 2. The van der Waals surface area contributed by atoms with Gasteiger partial charge in [0.15, 0.2) is 0 Å². The van der Waals surface area contributed by atoms with Gasteiger partial charge >= 0.3 is 0 Å². The average Bonchev–Trinajstić information content (AvgIpc) is 2.39. The molecular weight excluding hydrogens is 298 g/mol. The maximum absolute atomic E-state index is 11.7. The Labute approximate surface area is 117 Å². The van der Waals surface area contributed by atoms with Crippen molar-refractivity contribution in [1.29, 1.82) is 0 Å². The topological polar surface area (TPSA) is 47.6 Å². The first kappa shape index (κ1) is 14.3. The summed E-state index contributed by atoms with van der Waals surface area (Å²) in [5.41, 5.74) is 0. The summed E-state index contributed by atoms with van der Waals surface area (Å²) < 4.78 is 11.4. The Hall–Kier alpha value is -0.130. The summed E-state index contributed by atoms with van der Waals surface area (Å²) in [5.74, 6) is 0.177. The third-order valence-electron chi connectivity index (χ3n) is 3.63. The first-order chi connectivity index (χ1) is 8.79. The highest BCUT2D eigenvalue weighted by molar-refractivity contribution is 9.09. The quantitative estimate of drug-likeness (QED) is 0.623. The number of hydrogen-bond donors (Lipinski definition) is 1. The van der Waals surface area contributed by atoms with Gasteiger partial charge in [0.1, 0.15) is 0 Å². The van der Waals surface area contributed by atoms with Crippen LogP contribution >= 0.6 is 15.9 Å². The van der Waals surface area contributed by atoms with E-state index in [2.05, 4.69) is 21.2 Å². The summed E-state index contributed by atoms with van der Waals surface area (Å²) in [7, 11) is 0. The lowest BCUT2D eigenvalue weighted by molar-refractivity contribution is -0.158. The molecule has 3 atom stereocenters. The summed E-state index contributed by atoms with van der Waals surface area (Å²) >= 11 is 3.37. The van der Waals surface area contributed by atoms with Crippen LogP contribution in [0.1, 0.15) is 38.5 Å². The third-order valence-corrected chi connectivity index (χ3v) is 4.19. The molecule has 0 aromatic heterocycles. The maximum atomic E-state index is 11.7. The van der Waals surface area contributed by atoms with Crippen molar-refractivity contribution >= 4 is 21.8 Å². The van der Waals surface area contributed by atoms with E-state index in [1.807, 2.05) is 0 Å². The van der Waals surface area contributed by atoms with Crippen LogP contribution in [0.2, 0.25) is 0 Å². The fourth-order valence-corrected chi connectivity index (χ4v) is 3.07. The van der Waals surface area contributed by atoms with Gasteiger partial charge in [-0.15, -0.1) is 0 Å². The van der Waals surface area contributed by atoms with Gasteiger partial charge in [-0.05, 0) is 32.1 Å². The van der Waals surface area contributed by atoms with Gasteiger partial charge in [-0.1, -0.05) is 15.9 Å². The molecule has 1 N–H and O–H groups in total. The number of halogens is 1. The molecule has 18 heavy (non-hydrogen) atoms. The SMILES string of the molecule is O=C(CCCCBr)NC1CCC2OCCOC2C1. The Morgan fingerprint density at radius 2 is 1.94 bits per heavy atom. The Balaban J connectivity index is 1.69.